The zero-order chi connectivity index (χ0) is 43.4. The van der Waals surface area contributed by atoms with Gasteiger partial charge in [-0.1, -0.05) is 25.0 Å². The monoisotopic (exact) mass is 841 g/mol. The first kappa shape index (κ1) is 45.3. The minimum Gasteiger partial charge on any atom is -0.464 e. The average Bonchev–Trinajstić information content (AvgIpc) is 3.57. The Morgan fingerprint density at radius 1 is 0.966 bits per heavy atom. The van der Waals surface area contributed by atoms with E-state index in [1.54, 1.807) is 27.7 Å². The predicted octanol–water partition coefficient (Wildman–Crippen LogP) is 3.36. The fourth-order valence-corrected chi connectivity index (χ4v) is 9.99. The van der Waals surface area contributed by atoms with Crippen LogP contribution in [0.25, 0.3) is 0 Å². The van der Waals surface area contributed by atoms with Gasteiger partial charge in [-0.2, -0.15) is 0 Å². The molecule has 59 heavy (non-hydrogen) atoms. The summed E-state index contributed by atoms with van der Waals surface area (Å²) in [5.74, 6) is -5.16. The van der Waals surface area contributed by atoms with Crippen molar-refractivity contribution in [3.8, 4) is 0 Å². The first-order valence-electron chi connectivity index (χ1n) is 19.7. The van der Waals surface area contributed by atoms with Crippen LogP contribution in [-0.4, -0.2) is 113 Å². The van der Waals surface area contributed by atoms with Crippen LogP contribution in [-0.2, 0) is 52.5 Å². The lowest BCUT2D eigenvalue weighted by Gasteiger charge is -2.62. The molecule has 4 fully saturated rings. The maximum atomic E-state index is 17.7. The van der Waals surface area contributed by atoms with E-state index in [0.29, 0.717) is 31.3 Å². The molecule has 0 spiro atoms. The van der Waals surface area contributed by atoms with Crippen molar-refractivity contribution in [3.05, 3.63) is 44.0 Å². The van der Waals surface area contributed by atoms with Crippen molar-refractivity contribution in [3.63, 3.8) is 0 Å². The summed E-state index contributed by atoms with van der Waals surface area (Å²) < 4.78 is 46.0. The normalized spacial score (nSPS) is 32.8. The van der Waals surface area contributed by atoms with Gasteiger partial charge < -0.3 is 43.8 Å². The van der Waals surface area contributed by atoms with Gasteiger partial charge in [0, 0.05) is 23.2 Å². The SMILES string of the molecule is CC1(C)O[C@@H]2C[C@H]3[C@@H]4CCC5=CC(=O)C=C[C@]5(C)[C@@]4(F)[C@@H](O)C[C@]3(C)[C@@]2(C(=O)COC(=O)OCC(NC(=O)CCCCCO[N+](=O)[O-])C(=O)OCCCCO[N+](=O)[O-])O1. The Labute approximate surface area is 338 Å². The fourth-order valence-electron chi connectivity index (χ4n) is 9.99. The third-order valence-electron chi connectivity index (χ3n) is 12.6. The summed E-state index contributed by atoms with van der Waals surface area (Å²) in [7, 11) is 0. The minimum atomic E-state index is -2.18. The second-order valence-corrected chi connectivity index (χ2v) is 16.5. The molecule has 0 radical (unpaired) electrons. The average molecular weight is 842 g/mol. The molecule has 1 unspecified atom stereocenters. The molecular formula is C38H52FN3O17. The van der Waals surface area contributed by atoms with Crippen LogP contribution in [0, 0.1) is 42.9 Å². The van der Waals surface area contributed by atoms with Gasteiger partial charge in [-0.25, -0.2) is 14.0 Å². The van der Waals surface area contributed by atoms with Crippen LogP contribution in [0.1, 0.15) is 91.9 Å². The molecule has 3 saturated carbocycles. The second-order valence-electron chi connectivity index (χ2n) is 16.5. The Bertz CT molecular complexity index is 1740. The number of hydrogen-bond acceptors (Lipinski definition) is 17. The summed E-state index contributed by atoms with van der Waals surface area (Å²) in [5, 5.41) is 33.0. The maximum Gasteiger partial charge on any atom is 0.508 e. The molecule has 0 aromatic carbocycles. The lowest BCUT2D eigenvalue weighted by atomic mass is 9.44. The number of halogens is 1. The van der Waals surface area contributed by atoms with Crippen molar-refractivity contribution in [2.45, 2.75) is 127 Å². The number of Topliss-reactive ketones (excluding diaryl/α,β-unsaturated/α-hetero) is 1. The topological polar surface area (TPSA) is 268 Å². The molecule has 1 heterocycles. The number of nitrogens with one attached hydrogen (secondary N) is 1. The number of carbonyl (C=O) groups is 5. The quantitative estimate of drug-likeness (QED) is 0.0770. The number of amides is 1. The van der Waals surface area contributed by atoms with Crippen molar-refractivity contribution in [2.75, 3.05) is 33.0 Å². The Kier molecular flexibility index (Phi) is 13.7. The minimum absolute atomic E-state index is 0.104. The number of hydrogen-bond donors (Lipinski definition) is 2. The Morgan fingerprint density at radius 2 is 1.63 bits per heavy atom. The highest BCUT2D eigenvalue weighted by atomic mass is 19.1. The zero-order valence-electron chi connectivity index (χ0n) is 33.5. The number of fused-ring (bicyclic) bond motifs is 7. The van der Waals surface area contributed by atoms with Gasteiger partial charge >= 0.3 is 12.1 Å². The molecule has 2 N–H and O–H groups in total. The predicted molar refractivity (Wildman–Crippen MR) is 195 cm³/mol. The summed E-state index contributed by atoms with van der Waals surface area (Å²) in [6.45, 7) is 4.40. The zero-order valence-corrected chi connectivity index (χ0v) is 33.5. The first-order chi connectivity index (χ1) is 27.7. The van der Waals surface area contributed by atoms with Gasteiger partial charge in [0.2, 0.25) is 11.7 Å². The molecule has 1 amide bonds. The number of nitrogens with zero attached hydrogens (tertiary/aromatic N) is 2. The van der Waals surface area contributed by atoms with Gasteiger partial charge in [0.25, 0.3) is 10.2 Å². The number of ketones is 2. The number of rotatable bonds is 20. The fraction of sp³-hybridized carbons (Fsp3) is 0.763. The Balaban J connectivity index is 1.23. The summed E-state index contributed by atoms with van der Waals surface area (Å²) in [6, 6.07) is -1.53. The van der Waals surface area contributed by atoms with E-state index < -0.39 is 105 Å². The summed E-state index contributed by atoms with van der Waals surface area (Å²) in [5.41, 5.74) is -5.82. The first-order valence-corrected chi connectivity index (χ1v) is 19.7. The van der Waals surface area contributed by atoms with Crippen LogP contribution in [0.5, 0.6) is 0 Å². The molecule has 1 saturated heterocycles. The van der Waals surface area contributed by atoms with E-state index in [0.717, 1.165) is 0 Å². The molecule has 21 heteroatoms. The van der Waals surface area contributed by atoms with Gasteiger partial charge in [0.15, 0.2) is 35.5 Å². The van der Waals surface area contributed by atoms with E-state index in [4.69, 9.17) is 23.7 Å². The van der Waals surface area contributed by atoms with Crippen LogP contribution in [0.3, 0.4) is 0 Å². The van der Waals surface area contributed by atoms with Crippen molar-refractivity contribution in [1.29, 1.82) is 0 Å². The lowest BCUT2D eigenvalue weighted by Crippen LogP contribution is -2.70. The van der Waals surface area contributed by atoms with Crippen molar-refractivity contribution in [2.24, 2.45) is 22.7 Å². The second kappa shape index (κ2) is 17.8. The van der Waals surface area contributed by atoms with Crippen LogP contribution in [0.4, 0.5) is 9.18 Å². The highest BCUT2D eigenvalue weighted by Gasteiger charge is 2.80. The maximum absolute atomic E-state index is 17.7. The third kappa shape index (κ3) is 9.06. The number of aliphatic hydroxyl groups excluding tert-OH is 1. The number of aliphatic hydroxyl groups is 1. The summed E-state index contributed by atoms with van der Waals surface area (Å²) in [6.07, 6.45) is 2.31. The van der Waals surface area contributed by atoms with Gasteiger partial charge in [0.1, 0.15) is 6.61 Å². The third-order valence-corrected chi connectivity index (χ3v) is 12.6. The number of ether oxygens (including phenoxy) is 5. The van der Waals surface area contributed by atoms with Crippen LogP contribution >= 0.6 is 0 Å². The van der Waals surface area contributed by atoms with Gasteiger partial charge in [-0.3, -0.25) is 14.4 Å². The molecule has 5 rings (SSSR count). The summed E-state index contributed by atoms with van der Waals surface area (Å²) >= 11 is 0. The van der Waals surface area contributed by atoms with E-state index >= 15 is 4.39 Å². The standard InChI is InChI=1S/C38H52FN3O17/c1-34(2)58-30-19-26-25-12-11-23-18-24(43)13-14-35(23,3)37(25,39)28(44)20-36(26,4)38(30,59-34)29(45)22-55-33(48)54-21-27(32(47)53-15-8-9-17-57-42(51)52)40-31(46)10-6-5-7-16-56-41(49)50/h13-14,18,25-28,30,44H,5-12,15-17,19-22H2,1-4H3,(H,40,46)/t25-,26-,27?,28-,30+,35-,36-,37-,38-/m0/s1. The van der Waals surface area contributed by atoms with Crippen molar-refractivity contribution in [1.82, 2.24) is 5.32 Å². The molecule has 328 valence electrons. The van der Waals surface area contributed by atoms with E-state index in [9.17, 15) is 49.3 Å². The van der Waals surface area contributed by atoms with Gasteiger partial charge in [0.05, 0.1) is 32.0 Å². The smallest absolute Gasteiger partial charge is 0.464 e. The van der Waals surface area contributed by atoms with Gasteiger partial charge in [-0.05, 0) is 90.2 Å². The lowest BCUT2D eigenvalue weighted by molar-refractivity contribution is -0.757. The number of carbonyl (C=O) groups excluding carboxylic acids is 5. The van der Waals surface area contributed by atoms with E-state index in [2.05, 4.69) is 15.0 Å². The number of esters is 1. The molecular weight excluding hydrogens is 789 g/mol. The Hall–Kier alpha value is -4.76. The van der Waals surface area contributed by atoms with Crippen LogP contribution in [0.15, 0.2) is 23.8 Å². The van der Waals surface area contributed by atoms with E-state index in [1.807, 2.05) is 0 Å². The molecule has 5 aliphatic rings. The summed E-state index contributed by atoms with van der Waals surface area (Å²) in [4.78, 5) is 94.3. The number of alkyl halides is 1. The van der Waals surface area contributed by atoms with Crippen LogP contribution in [0.2, 0.25) is 0 Å². The highest BCUT2D eigenvalue weighted by Crippen LogP contribution is 2.72. The molecule has 20 nitrogen and oxygen atoms in total. The number of allylic oxidation sites excluding steroid dienone is 4. The molecule has 9 atom stereocenters. The van der Waals surface area contributed by atoms with E-state index in [1.165, 1.54) is 18.2 Å². The van der Waals surface area contributed by atoms with Crippen molar-refractivity contribution < 1.29 is 77.0 Å². The highest BCUT2D eigenvalue weighted by molar-refractivity contribution is 6.01. The van der Waals surface area contributed by atoms with Gasteiger partial charge in [-0.15, -0.1) is 20.2 Å². The molecule has 0 aromatic rings. The number of unbranched alkanes of at least 4 members (excludes halogenated alkanes) is 3. The molecule has 1 aliphatic heterocycles. The Morgan fingerprint density at radius 3 is 2.31 bits per heavy atom. The molecule has 4 aliphatic carbocycles. The molecule has 0 bridgehead atoms. The molecule has 0 aromatic heterocycles. The largest absolute Gasteiger partial charge is 0.508 e. The van der Waals surface area contributed by atoms with E-state index in [-0.39, 0.29) is 64.1 Å². The van der Waals surface area contributed by atoms with Crippen LogP contribution < -0.4 is 5.32 Å². The van der Waals surface area contributed by atoms with Crippen molar-refractivity contribution >= 4 is 29.6 Å².